The highest BCUT2D eigenvalue weighted by Gasteiger charge is 2.38. The highest BCUT2D eigenvalue weighted by atomic mass is 16.5. The molecule has 4 heterocycles. The molecule has 156 valence electrons. The highest BCUT2D eigenvalue weighted by molar-refractivity contribution is 6.26. The smallest absolute Gasteiger partial charge is 0.347 e. The Hall–Kier alpha value is -3.17. The van der Waals surface area contributed by atoms with E-state index in [0.717, 1.165) is 23.8 Å². The van der Waals surface area contributed by atoms with Gasteiger partial charge in [-0.15, -0.1) is 0 Å². The van der Waals surface area contributed by atoms with E-state index in [1.54, 1.807) is 18.5 Å². The molecule has 0 aromatic carbocycles. The second-order valence-corrected chi connectivity index (χ2v) is 7.54. The zero-order chi connectivity index (χ0) is 20.5. The number of ketones is 1. The van der Waals surface area contributed by atoms with Crippen molar-refractivity contribution < 1.29 is 23.8 Å². The molecular weight excluding hydrogens is 388 g/mol. The number of allylic oxidation sites excluding steroid dienone is 1. The molecule has 1 saturated heterocycles. The molecule has 1 aliphatic carbocycles. The minimum atomic E-state index is -0.661. The fourth-order valence-electron chi connectivity index (χ4n) is 3.40. The Morgan fingerprint density at radius 2 is 2.20 bits per heavy atom. The zero-order valence-electron chi connectivity index (χ0n) is 16.3. The van der Waals surface area contributed by atoms with Crippen molar-refractivity contribution in [3.63, 3.8) is 0 Å². The number of carbonyl (C=O) groups is 2. The average Bonchev–Trinajstić information content (AvgIpc) is 3.44. The average molecular weight is 410 g/mol. The quantitative estimate of drug-likeness (QED) is 0.419. The lowest BCUT2D eigenvalue weighted by molar-refractivity contribution is -0.140. The first-order chi connectivity index (χ1) is 14.7. The van der Waals surface area contributed by atoms with Gasteiger partial charge in [-0.2, -0.15) is 0 Å². The Morgan fingerprint density at radius 3 is 3.00 bits per heavy atom. The minimum Gasteiger partial charge on any atom is -0.462 e. The van der Waals surface area contributed by atoms with Crippen LogP contribution < -0.4 is 5.43 Å². The van der Waals surface area contributed by atoms with Gasteiger partial charge in [0.25, 0.3) is 0 Å². The summed E-state index contributed by atoms with van der Waals surface area (Å²) in [6.07, 6.45) is 7.16. The molecular formula is C21H22N4O5. The summed E-state index contributed by atoms with van der Waals surface area (Å²) >= 11 is 0. The summed E-state index contributed by atoms with van der Waals surface area (Å²) in [7, 11) is 0. The predicted molar refractivity (Wildman–Crippen MR) is 106 cm³/mol. The first kappa shape index (κ1) is 18.8. The van der Waals surface area contributed by atoms with Gasteiger partial charge in [-0.05, 0) is 37.0 Å². The second kappa shape index (κ2) is 7.92. The van der Waals surface area contributed by atoms with E-state index in [4.69, 9.17) is 14.2 Å². The van der Waals surface area contributed by atoms with Crippen LogP contribution in [-0.4, -0.2) is 59.6 Å². The largest absolute Gasteiger partial charge is 0.462 e. The zero-order valence-corrected chi connectivity index (χ0v) is 16.3. The molecule has 3 aliphatic rings. The number of pyridine rings is 1. The summed E-state index contributed by atoms with van der Waals surface area (Å²) in [5.74, 6) is -0.589. The van der Waals surface area contributed by atoms with E-state index in [9.17, 15) is 9.59 Å². The van der Waals surface area contributed by atoms with Crippen molar-refractivity contribution in [2.75, 3.05) is 32.9 Å². The molecule has 0 atom stereocenters. The molecule has 9 nitrogen and oxygen atoms in total. The molecule has 0 radical (unpaired) electrons. The monoisotopic (exact) mass is 410 g/mol. The van der Waals surface area contributed by atoms with E-state index < -0.39 is 11.8 Å². The lowest BCUT2D eigenvalue weighted by Crippen LogP contribution is -2.45. The van der Waals surface area contributed by atoms with E-state index in [1.165, 1.54) is 0 Å². The SMILES string of the molecule is O=C(OCC1CC1)C1=C(NN2CCOCC2)OC(=Cc2c[nH]c3ncccc23)C1=O. The van der Waals surface area contributed by atoms with Crippen molar-refractivity contribution in [1.29, 1.82) is 0 Å². The molecule has 2 aromatic heterocycles. The summed E-state index contributed by atoms with van der Waals surface area (Å²) < 4.78 is 16.5. The molecule has 30 heavy (non-hydrogen) atoms. The molecule has 0 amide bonds. The Labute approximate surface area is 172 Å². The number of esters is 1. The maximum absolute atomic E-state index is 13.1. The molecule has 9 heteroatoms. The van der Waals surface area contributed by atoms with Crippen LogP contribution in [0.25, 0.3) is 17.1 Å². The Balaban J connectivity index is 1.42. The third-order valence-corrected chi connectivity index (χ3v) is 5.28. The van der Waals surface area contributed by atoms with Crippen molar-refractivity contribution in [2.24, 2.45) is 5.92 Å². The van der Waals surface area contributed by atoms with E-state index in [1.807, 2.05) is 17.1 Å². The normalized spacial score (nSPS) is 21.3. The molecule has 0 unspecified atom stereocenters. The van der Waals surface area contributed by atoms with Gasteiger partial charge in [-0.3, -0.25) is 10.2 Å². The van der Waals surface area contributed by atoms with Gasteiger partial charge in [0.2, 0.25) is 11.7 Å². The number of hydrogen-bond acceptors (Lipinski definition) is 8. The maximum atomic E-state index is 13.1. The number of H-pyrrole nitrogens is 1. The summed E-state index contributed by atoms with van der Waals surface area (Å²) in [5, 5.41) is 2.72. The van der Waals surface area contributed by atoms with E-state index in [0.29, 0.717) is 44.5 Å². The Morgan fingerprint density at radius 1 is 1.37 bits per heavy atom. The third-order valence-electron chi connectivity index (χ3n) is 5.28. The van der Waals surface area contributed by atoms with Crippen LogP contribution in [0.3, 0.4) is 0 Å². The van der Waals surface area contributed by atoms with Crippen LogP contribution in [0.4, 0.5) is 0 Å². The van der Waals surface area contributed by atoms with Crippen LogP contribution >= 0.6 is 0 Å². The summed E-state index contributed by atoms with van der Waals surface area (Å²) in [4.78, 5) is 33.1. The van der Waals surface area contributed by atoms with Crippen LogP contribution in [0.15, 0.2) is 41.7 Å². The molecule has 2 aromatic rings. The Bertz CT molecular complexity index is 1050. The van der Waals surface area contributed by atoms with Gasteiger partial charge in [0.05, 0.1) is 19.8 Å². The number of aromatic nitrogens is 2. The van der Waals surface area contributed by atoms with Crippen molar-refractivity contribution in [3.8, 4) is 0 Å². The fraction of sp³-hybridized carbons (Fsp3) is 0.381. The van der Waals surface area contributed by atoms with E-state index in [2.05, 4.69) is 15.4 Å². The van der Waals surface area contributed by atoms with Crippen LogP contribution in [0.1, 0.15) is 18.4 Å². The van der Waals surface area contributed by atoms with Gasteiger partial charge in [0.1, 0.15) is 5.65 Å². The summed E-state index contributed by atoms with van der Waals surface area (Å²) in [6, 6.07) is 3.72. The number of hydrogen-bond donors (Lipinski definition) is 2. The fourth-order valence-corrected chi connectivity index (χ4v) is 3.40. The van der Waals surface area contributed by atoms with Crippen LogP contribution in [0.5, 0.6) is 0 Å². The first-order valence-electron chi connectivity index (χ1n) is 10.1. The molecule has 1 saturated carbocycles. The number of morpholine rings is 1. The summed E-state index contributed by atoms with van der Waals surface area (Å²) in [6.45, 7) is 2.66. The second-order valence-electron chi connectivity index (χ2n) is 7.54. The number of hydrazine groups is 1. The van der Waals surface area contributed by atoms with Crippen molar-refractivity contribution in [3.05, 3.63) is 47.3 Å². The van der Waals surface area contributed by atoms with Crippen molar-refractivity contribution in [2.45, 2.75) is 12.8 Å². The standard InChI is InChI=1S/C21H22N4O5/c26-18-16(10-14-11-23-19-15(14)2-1-5-22-19)30-20(24-25-6-8-28-9-7-25)17(18)21(27)29-12-13-3-4-13/h1-2,5,10-11,13,24H,3-4,6-9,12H2,(H,22,23). The summed E-state index contributed by atoms with van der Waals surface area (Å²) in [5.41, 5.74) is 4.41. The molecule has 5 rings (SSSR count). The lowest BCUT2D eigenvalue weighted by Gasteiger charge is -2.27. The van der Waals surface area contributed by atoms with E-state index in [-0.39, 0.29) is 17.2 Å². The van der Waals surface area contributed by atoms with Gasteiger partial charge in [0, 0.05) is 36.4 Å². The number of rotatable bonds is 6. The maximum Gasteiger partial charge on any atom is 0.347 e. The highest BCUT2D eigenvalue weighted by Crippen LogP contribution is 2.31. The topological polar surface area (TPSA) is 106 Å². The van der Waals surface area contributed by atoms with Gasteiger partial charge in [-0.1, -0.05) is 0 Å². The molecule has 2 aliphatic heterocycles. The number of Topliss-reactive ketones (excluding diaryl/α,β-unsaturated/α-hetero) is 1. The molecule has 0 bridgehead atoms. The van der Waals surface area contributed by atoms with Crippen molar-refractivity contribution >= 4 is 28.9 Å². The van der Waals surface area contributed by atoms with Gasteiger partial charge >= 0.3 is 5.97 Å². The Kier molecular flexibility index (Phi) is 4.97. The number of aromatic amines is 1. The molecule has 2 N–H and O–H groups in total. The van der Waals surface area contributed by atoms with Gasteiger partial charge in [0.15, 0.2) is 11.3 Å². The predicted octanol–water partition coefficient (Wildman–Crippen LogP) is 1.50. The van der Waals surface area contributed by atoms with Crippen molar-refractivity contribution in [1.82, 2.24) is 20.4 Å². The number of nitrogens with one attached hydrogen (secondary N) is 2. The van der Waals surface area contributed by atoms with Crippen LogP contribution in [0, 0.1) is 5.92 Å². The van der Waals surface area contributed by atoms with Crippen LogP contribution in [-0.2, 0) is 23.8 Å². The van der Waals surface area contributed by atoms with E-state index >= 15 is 0 Å². The third kappa shape index (κ3) is 3.81. The minimum absolute atomic E-state index is 0.0638. The number of fused-ring (bicyclic) bond motifs is 1. The van der Waals surface area contributed by atoms with Gasteiger partial charge < -0.3 is 19.2 Å². The number of ether oxygens (including phenoxy) is 3. The lowest BCUT2D eigenvalue weighted by atomic mass is 10.1. The molecule has 0 spiro atoms. The van der Waals surface area contributed by atoms with Gasteiger partial charge in [-0.25, -0.2) is 14.8 Å². The first-order valence-corrected chi connectivity index (χ1v) is 10.1. The number of carbonyl (C=O) groups excluding carboxylic acids is 2. The molecule has 2 fully saturated rings. The van der Waals surface area contributed by atoms with Crippen LogP contribution in [0.2, 0.25) is 0 Å². The number of nitrogens with zero attached hydrogens (tertiary/aromatic N) is 2.